The number of halogens is 1. The number of hydrogen-bond donors (Lipinski definition) is 1. The highest BCUT2D eigenvalue weighted by Gasteiger charge is 2.39. The summed E-state index contributed by atoms with van der Waals surface area (Å²) >= 11 is 3.61. The molecule has 1 saturated carbocycles. The lowest BCUT2D eigenvalue weighted by molar-refractivity contribution is 0.0896. The standard InChI is InChI=1S/C15H24BrNO/c1-4-17-13(14-12(16)8-10-18-14)11-7-5-6-9-15(11,2)3/h8,10-11,13,17H,4-7,9H2,1-3H3. The maximum atomic E-state index is 5.72. The average molecular weight is 314 g/mol. The fourth-order valence-electron chi connectivity index (χ4n) is 3.30. The molecule has 2 nitrogen and oxygen atoms in total. The SMILES string of the molecule is CCNC(c1occc1Br)C1CCCCC1(C)C. The zero-order valence-corrected chi connectivity index (χ0v) is 13.2. The average Bonchev–Trinajstić information content (AvgIpc) is 2.72. The van der Waals surface area contributed by atoms with Gasteiger partial charge in [-0.3, -0.25) is 0 Å². The molecule has 0 aromatic carbocycles. The van der Waals surface area contributed by atoms with Crippen LogP contribution in [0.4, 0.5) is 0 Å². The summed E-state index contributed by atoms with van der Waals surface area (Å²) in [5.41, 5.74) is 0.386. The molecule has 1 aliphatic rings. The fourth-order valence-corrected chi connectivity index (χ4v) is 3.75. The second kappa shape index (κ2) is 5.79. The number of nitrogens with one attached hydrogen (secondary N) is 1. The summed E-state index contributed by atoms with van der Waals surface area (Å²) in [6, 6.07) is 2.32. The molecule has 2 atom stereocenters. The normalized spacial score (nSPS) is 25.0. The van der Waals surface area contributed by atoms with Gasteiger partial charge in [-0.1, -0.05) is 33.6 Å². The van der Waals surface area contributed by atoms with Gasteiger partial charge in [0.15, 0.2) is 0 Å². The van der Waals surface area contributed by atoms with Gasteiger partial charge in [0, 0.05) is 0 Å². The van der Waals surface area contributed by atoms with E-state index in [-0.39, 0.29) is 0 Å². The van der Waals surface area contributed by atoms with Crippen molar-refractivity contribution in [1.82, 2.24) is 5.32 Å². The molecule has 18 heavy (non-hydrogen) atoms. The summed E-state index contributed by atoms with van der Waals surface area (Å²) < 4.78 is 6.81. The Morgan fingerprint density at radius 1 is 1.50 bits per heavy atom. The molecule has 1 aromatic rings. The van der Waals surface area contributed by atoms with Crippen LogP contribution in [0.5, 0.6) is 0 Å². The summed E-state index contributed by atoms with van der Waals surface area (Å²) in [7, 11) is 0. The quantitative estimate of drug-likeness (QED) is 0.854. The third kappa shape index (κ3) is 2.83. The maximum absolute atomic E-state index is 5.72. The molecule has 1 fully saturated rings. The second-order valence-electron chi connectivity index (χ2n) is 6.01. The Bertz CT molecular complexity index is 386. The predicted molar refractivity (Wildman–Crippen MR) is 78.6 cm³/mol. The molecule has 102 valence electrons. The Labute approximate surface area is 119 Å². The molecule has 1 N–H and O–H groups in total. The van der Waals surface area contributed by atoms with Gasteiger partial charge >= 0.3 is 0 Å². The van der Waals surface area contributed by atoms with Crippen molar-refractivity contribution < 1.29 is 4.42 Å². The zero-order valence-electron chi connectivity index (χ0n) is 11.6. The zero-order chi connectivity index (χ0) is 13.2. The topological polar surface area (TPSA) is 25.2 Å². The number of furan rings is 1. The first-order valence-corrected chi connectivity index (χ1v) is 7.82. The molecule has 0 spiro atoms. The van der Waals surface area contributed by atoms with E-state index in [0.717, 1.165) is 16.8 Å². The van der Waals surface area contributed by atoms with Crippen molar-refractivity contribution in [3.8, 4) is 0 Å². The van der Waals surface area contributed by atoms with Crippen LogP contribution in [0, 0.1) is 11.3 Å². The van der Waals surface area contributed by atoms with Gasteiger partial charge in [-0.05, 0) is 52.7 Å². The molecule has 0 amide bonds. The summed E-state index contributed by atoms with van der Waals surface area (Å²) in [4.78, 5) is 0. The molecule has 1 heterocycles. The molecule has 2 unspecified atom stereocenters. The lowest BCUT2D eigenvalue weighted by atomic mass is 9.65. The smallest absolute Gasteiger partial charge is 0.135 e. The largest absolute Gasteiger partial charge is 0.466 e. The Hall–Kier alpha value is -0.280. The van der Waals surface area contributed by atoms with Crippen LogP contribution in [0.1, 0.15) is 58.3 Å². The fraction of sp³-hybridized carbons (Fsp3) is 0.733. The van der Waals surface area contributed by atoms with Gasteiger partial charge in [0.1, 0.15) is 5.76 Å². The van der Waals surface area contributed by atoms with Gasteiger partial charge in [0.05, 0.1) is 16.8 Å². The van der Waals surface area contributed by atoms with Gasteiger partial charge in [-0.15, -0.1) is 0 Å². The number of hydrogen-bond acceptors (Lipinski definition) is 2. The predicted octanol–water partition coefficient (Wildman–Crippen LogP) is 4.91. The van der Waals surface area contributed by atoms with Gasteiger partial charge < -0.3 is 9.73 Å². The van der Waals surface area contributed by atoms with Gasteiger partial charge in [0.25, 0.3) is 0 Å². The van der Waals surface area contributed by atoms with E-state index in [4.69, 9.17) is 4.42 Å². The van der Waals surface area contributed by atoms with E-state index in [0.29, 0.717) is 17.4 Å². The maximum Gasteiger partial charge on any atom is 0.135 e. The van der Waals surface area contributed by atoms with Gasteiger partial charge in [-0.2, -0.15) is 0 Å². The first-order valence-electron chi connectivity index (χ1n) is 7.02. The summed E-state index contributed by atoms with van der Waals surface area (Å²) in [5.74, 6) is 1.71. The first-order chi connectivity index (χ1) is 8.56. The molecule has 1 aromatic heterocycles. The van der Waals surface area contributed by atoms with Crippen molar-refractivity contribution in [2.75, 3.05) is 6.54 Å². The van der Waals surface area contributed by atoms with Crippen molar-refractivity contribution in [2.45, 2.75) is 52.5 Å². The van der Waals surface area contributed by atoms with Crippen molar-refractivity contribution in [2.24, 2.45) is 11.3 Å². The minimum Gasteiger partial charge on any atom is -0.466 e. The summed E-state index contributed by atoms with van der Waals surface area (Å²) in [6.07, 6.45) is 7.09. The van der Waals surface area contributed by atoms with E-state index in [1.165, 1.54) is 25.7 Å². The molecule has 0 radical (unpaired) electrons. The third-order valence-electron chi connectivity index (χ3n) is 4.34. The molecular weight excluding hydrogens is 290 g/mol. The minimum absolute atomic E-state index is 0.328. The Kier molecular flexibility index (Phi) is 4.54. The highest BCUT2D eigenvalue weighted by Crippen LogP contribution is 2.47. The molecule has 2 rings (SSSR count). The molecule has 0 bridgehead atoms. The van der Waals surface area contributed by atoms with Crippen LogP contribution in [0.3, 0.4) is 0 Å². The van der Waals surface area contributed by atoms with Gasteiger partial charge in [-0.25, -0.2) is 0 Å². The first kappa shape index (κ1) is 14.1. The molecular formula is C15H24BrNO. The Morgan fingerprint density at radius 3 is 2.83 bits per heavy atom. The van der Waals surface area contributed by atoms with E-state index in [1.807, 2.05) is 6.07 Å². The van der Waals surface area contributed by atoms with E-state index >= 15 is 0 Å². The van der Waals surface area contributed by atoms with E-state index in [2.05, 4.69) is 42.0 Å². The van der Waals surface area contributed by atoms with E-state index in [1.54, 1.807) is 6.26 Å². The minimum atomic E-state index is 0.328. The van der Waals surface area contributed by atoms with Crippen molar-refractivity contribution in [3.05, 3.63) is 22.6 Å². The lowest BCUT2D eigenvalue weighted by Gasteiger charge is -2.43. The van der Waals surface area contributed by atoms with E-state index in [9.17, 15) is 0 Å². The summed E-state index contributed by atoms with van der Waals surface area (Å²) in [5, 5.41) is 3.63. The Balaban J connectivity index is 2.27. The van der Waals surface area contributed by atoms with Crippen molar-refractivity contribution in [3.63, 3.8) is 0 Å². The van der Waals surface area contributed by atoms with Crippen molar-refractivity contribution in [1.29, 1.82) is 0 Å². The van der Waals surface area contributed by atoms with Crippen LogP contribution >= 0.6 is 15.9 Å². The highest BCUT2D eigenvalue weighted by molar-refractivity contribution is 9.10. The molecule has 3 heteroatoms. The molecule has 1 aliphatic carbocycles. The van der Waals surface area contributed by atoms with Crippen LogP contribution in [-0.4, -0.2) is 6.54 Å². The van der Waals surface area contributed by atoms with Gasteiger partial charge in [0.2, 0.25) is 0 Å². The van der Waals surface area contributed by atoms with Crippen LogP contribution in [0.25, 0.3) is 0 Å². The van der Waals surface area contributed by atoms with Crippen LogP contribution < -0.4 is 5.32 Å². The van der Waals surface area contributed by atoms with Crippen molar-refractivity contribution >= 4 is 15.9 Å². The Morgan fingerprint density at radius 2 is 2.28 bits per heavy atom. The number of rotatable bonds is 4. The van der Waals surface area contributed by atoms with Crippen LogP contribution in [0.15, 0.2) is 21.2 Å². The molecule has 0 saturated heterocycles. The second-order valence-corrected chi connectivity index (χ2v) is 6.86. The monoisotopic (exact) mass is 313 g/mol. The van der Waals surface area contributed by atoms with E-state index < -0.39 is 0 Å². The molecule has 0 aliphatic heterocycles. The van der Waals surface area contributed by atoms with Crippen LogP contribution in [0.2, 0.25) is 0 Å². The lowest BCUT2D eigenvalue weighted by Crippen LogP contribution is -2.39. The summed E-state index contributed by atoms with van der Waals surface area (Å²) in [6.45, 7) is 7.94. The third-order valence-corrected chi connectivity index (χ3v) is 5.00. The highest BCUT2D eigenvalue weighted by atomic mass is 79.9. The van der Waals surface area contributed by atoms with Crippen LogP contribution in [-0.2, 0) is 0 Å².